The van der Waals surface area contributed by atoms with Crippen LogP contribution in [0.25, 0.3) is 0 Å². The molecule has 0 aliphatic carbocycles. The first-order valence-corrected chi connectivity index (χ1v) is 3.01. The summed E-state index contributed by atoms with van der Waals surface area (Å²) < 4.78 is 0. The van der Waals surface area contributed by atoms with Crippen LogP contribution in [0.2, 0.25) is 5.15 Å². The molecule has 0 fully saturated rings. The minimum Gasteiger partial charge on any atom is -0.245 e. The van der Waals surface area contributed by atoms with Crippen molar-refractivity contribution in [2.24, 2.45) is 0 Å². The van der Waals surface area contributed by atoms with E-state index in [1.807, 2.05) is 6.07 Å². The monoisotopic (exact) mass is 137 g/mol. The number of hydrogen-bond acceptors (Lipinski definition) is 1. The standard InChI is InChI=1S/C6H5BClN/c7-4-5-1-2-9-6(8)3-5/h1-3H,4H2. The Labute approximate surface area is 60.5 Å². The smallest absolute Gasteiger partial charge is 0.129 e. The van der Waals surface area contributed by atoms with Gasteiger partial charge in [0.15, 0.2) is 0 Å². The molecule has 2 radical (unpaired) electrons. The van der Waals surface area contributed by atoms with E-state index in [-0.39, 0.29) is 0 Å². The minimum absolute atomic E-state index is 0.498. The van der Waals surface area contributed by atoms with E-state index in [0.29, 0.717) is 11.5 Å². The first kappa shape index (κ1) is 6.62. The van der Waals surface area contributed by atoms with Crippen LogP contribution in [0.4, 0.5) is 0 Å². The van der Waals surface area contributed by atoms with Crippen LogP contribution < -0.4 is 0 Å². The molecule has 1 heterocycles. The molecule has 1 rings (SSSR count). The fraction of sp³-hybridized carbons (Fsp3) is 0.167. The summed E-state index contributed by atoms with van der Waals surface area (Å²) in [5.41, 5.74) is 1.01. The Morgan fingerprint density at radius 1 is 1.67 bits per heavy atom. The van der Waals surface area contributed by atoms with Crippen molar-refractivity contribution in [3.63, 3.8) is 0 Å². The van der Waals surface area contributed by atoms with Crippen molar-refractivity contribution in [2.75, 3.05) is 0 Å². The second-order valence-electron chi connectivity index (χ2n) is 1.69. The lowest BCUT2D eigenvalue weighted by Gasteiger charge is -1.93. The second kappa shape index (κ2) is 2.88. The summed E-state index contributed by atoms with van der Waals surface area (Å²) >= 11 is 5.56. The van der Waals surface area contributed by atoms with Gasteiger partial charge in [-0.25, -0.2) is 4.98 Å². The van der Waals surface area contributed by atoms with Crippen molar-refractivity contribution >= 4 is 19.4 Å². The van der Waals surface area contributed by atoms with Crippen molar-refractivity contribution in [1.29, 1.82) is 0 Å². The number of pyridine rings is 1. The average Bonchev–Trinajstić information content (AvgIpc) is 1.88. The zero-order valence-corrected chi connectivity index (χ0v) is 5.60. The van der Waals surface area contributed by atoms with Gasteiger partial charge in [-0.05, 0) is 12.1 Å². The summed E-state index contributed by atoms with van der Waals surface area (Å²) in [7, 11) is 5.33. The number of hydrogen-bond donors (Lipinski definition) is 0. The summed E-state index contributed by atoms with van der Waals surface area (Å²) in [6, 6.07) is 3.59. The Hall–Kier alpha value is -0.495. The predicted octanol–water partition coefficient (Wildman–Crippen LogP) is 1.40. The fourth-order valence-electron chi connectivity index (χ4n) is 0.570. The highest BCUT2D eigenvalue weighted by Gasteiger charge is 1.88. The van der Waals surface area contributed by atoms with E-state index in [2.05, 4.69) is 4.98 Å². The molecule has 0 aliphatic rings. The molecule has 0 spiro atoms. The fourth-order valence-corrected chi connectivity index (χ4v) is 0.766. The van der Waals surface area contributed by atoms with Gasteiger partial charge in [-0.2, -0.15) is 0 Å². The molecule has 0 amide bonds. The molecule has 0 aliphatic heterocycles. The third kappa shape index (κ3) is 1.72. The van der Waals surface area contributed by atoms with Crippen LogP contribution in [-0.2, 0) is 6.32 Å². The highest BCUT2D eigenvalue weighted by Crippen LogP contribution is 2.05. The summed E-state index contributed by atoms with van der Waals surface area (Å²) in [5.74, 6) is 0. The largest absolute Gasteiger partial charge is 0.245 e. The average molecular weight is 137 g/mol. The normalized spacial score (nSPS) is 9.44. The van der Waals surface area contributed by atoms with E-state index in [4.69, 9.17) is 19.4 Å². The van der Waals surface area contributed by atoms with E-state index in [0.717, 1.165) is 5.56 Å². The van der Waals surface area contributed by atoms with Gasteiger partial charge in [-0.15, -0.1) is 0 Å². The highest BCUT2D eigenvalue weighted by molar-refractivity contribution is 6.29. The summed E-state index contributed by atoms with van der Waals surface area (Å²) in [6.45, 7) is 0. The van der Waals surface area contributed by atoms with E-state index in [1.54, 1.807) is 12.3 Å². The molecule has 0 atom stereocenters. The van der Waals surface area contributed by atoms with Gasteiger partial charge in [0.2, 0.25) is 0 Å². The molecule has 0 N–H and O–H groups in total. The van der Waals surface area contributed by atoms with E-state index >= 15 is 0 Å². The molecule has 1 aromatic heterocycles. The lowest BCUT2D eigenvalue weighted by atomic mass is 9.98. The Balaban J connectivity index is 2.94. The van der Waals surface area contributed by atoms with E-state index < -0.39 is 0 Å². The van der Waals surface area contributed by atoms with Crippen LogP contribution in [0.15, 0.2) is 18.3 Å². The molecule has 0 unspecified atom stereocenters. The third-order valence-electron chi connectivity index (χ3n) is 1.03. The minimum atomic E-state index is 0.498. The van der Waals surface area contributed by atoms with Gasteiger partial charge in [0.05, 0.1) is 7.85 Å². The molecule has 0 saturated carbocycles. The van der Waals surface area contributed by atoms with Gasteiger partial charge >= 0.3 is 0 Å². The van der Waals surface area contributed by atoms with Crippen molar-refractivity contribution in [2.45, 2.75) is 6.32 Å². The Bertz CT molecular complexity index is 202. The summed E-state index contributed by atoms with van der Waals surface area (Å²) in [6.07, 6.45) is 2.16. The number of halogens is 1. The first-order chi connectivity index (χ1) is 4.33. The van der Waals surface area contributed by atoms with Gasteiger partial charge in [0.1, 0.15) is 5.15 Å². The Kier molecular flexibility index (Phi) is 2.12. The van der Waals surface area contributed by atoms with Crippen molar-refractivity contribution in [1.82, 2.24) is 4.98 Å². The molecule has 0 bridgehead atoms. The van der Waals surface area contributed by atoms with Crippen molar-refractivity contribution in [3.8, 4) is 0 Å². The molecule has 0 saturated heterocycles. The first-order valence-electron chi connectivity index (χ1n) is 2.63. The molecular weight excluding hydrogens is 132 g/mol. The zero-order valence-electron chi connectivity index (χ0n) is 4.84. The van der Waals surface area contributed by atoms with E-state index in [1.165, 1.54) is 0 Å². The molecule has 1 nitrogen and oxygen atoms in total. The van der Waals surface area contributed by atoms with Crippen LogP contribution in [0, 0.1) is 0 Å². The van der Waals surface area contributed by atoms with Gasteiger partial charge in [0, 0.05) is 6.20 Å². The lowest BCUT2D eigenvalue weighted by Crippen LogP contribution is -1.83. The topological polar surface area (TPSA) is 12.9 Å². The molecule has 1 aromatic rings. The maximum absolute atomic E-state index is 5.56. The molecular formula is C6H5BClN. The number of nitrogens with zero attached hydrogens (tertiary/aromatic N) is 1. The SMILES string of the molecule is [B]Cc1ccnc(Cl)c1. The van der Waals surface area contributed by atoms with Gasteiger partial charge in [0.25, 0.3) is 0 Å². The van der Waals surface area contributed by atoms with Crippen LogP contribution >= 0.6 is 11.6 Å². The zero-order chi connectivity index (χ0) is 6.69. The second-order valence-corrected chi connectivity index (χ2v) is 2.08. The van der Waals surface area contributed by atoms with Crippen LogP contribution in [-0.4, -0.2) is 12.8 Å². The van der Waals surface area contributed by atoms with Crippen LogP contribution in [0.1, 0.15) is 5.56 Å². The Morgan fingerprint density at radius 2 is 2.44 bits per heavy atom. The molecule has 0 aromatic carbocycles. The van der Waals surface area contributed by atoms with Crippen molar-refractivity contribution < 1.29 is 0 Å². The lowest BCUT2D eigenvalue weighted by molar-refractivity contribution is 1.27. The van der Waals surface area contributed by atoms with E-state index in [9.17, 15) is 0 Å². The number of aromatic nitrogens is 1. The Morgan fingerprint density at radius 3 is 2.89 bits per heavy atom. The maximum Gasteiger partial charge on any atom is 0.129 e. The van der Waals surface area contributed by atoms with Crippen molar-refractivity contribution in [3.05, 3.63) is 29.0 Å². The van der Waals surface area contributed by atoms with Crippen LogP contribution in [0.5, 0.6) is 0 Å². The number of rotatable bonds is 1. The quantitative estimate of drug-likeness (QED) is 0.421. The molecule has 9 heavy (non-hydrogen) atoms. The highest BCUT2D eigenvalue weighted by atomic mass is 35.5. The predicted molar refractivity (Wildman–Crippen MR) is 38.7 cm³/mol. The maximum atomic E-state index is 5.56. The third-order valence-corrected chi connectivity index (χ3v) is 1.23. The molecule has 44 valence electrons. The van der Waals surface area contributed by atoms with Gasteiger partial charge < -0.3 is 0 Å². The summed E-state index contributed by atoms with van der Waals surface area (Å²) in [5, 5.41) is 0.498. The summed E-state index contributed by atoms with van der Waals surface area (Å²) in [4.78, 5) is 3.80. The molecule has 3 heteroatoms. The van der Waals surface area contributed by atoms with Gasteiger partial charge in [-0.1, -0.05) is 23.5 Å². The van der Waals surface area contributed by atoms with Crippen LogP contribution in [0.3, 0.4) is 0 Å². The van der Waals surface area contributed by atoms with Gasteiger partial charge in [-0.3, -0.25) is 0 Å².